The number of pyridine rings is 2. The van der Waals surface area contributed by atoms with Crippen molar-refractivity contribution < 1.29 is 38.7 Å². The number of carboxylic acids is 1. The molecule has 12 nitrogen and oxygen atoms in total. The van der Waals surface area contributed by atoms with E-state index in [1.165, 1.54) is 25.4 Å². The number of halogens is 2. The number of aliphatic hydroxyl groups excluding tert-OH is 1. The van der Waals surface area contributed by atoms with Crippen LogP contribution in [0.2, 0.25) is 10.0 Å². The number of benzene rings is 4. The maximum absolute atomic E-state index is 12.5. The van der Waals surface area contributed by atoms with Gasteiger partial charge in [-0.25, -0.2) is 4.85 Å². The minimum atomic E-state index is -0.995. The van der Waals surface area contributed by atoms with Crippen LogP contribution in [0.1, 0.15) is 82.1 Å². The number of aryl methyl sites for hydroxylation is 1. The SMILES string of the molecule is [C-]#[N+]c1cncc(COc2cc(OCc3cccc(-c4cccc(COc5cc(OCc6cncc(C#N)c6)c(C(C)=O)cc5Cl)c4C)c3C)c(Cl)cc2CC[C@H](C(=O)O)[C@@H](C)[C@H](C)O)c1. The lowest BCUT2D eigenvalue weighted by Crippen LogP contribution is -2.29. The molecule has 0 aliphatic carbocycles. The standard InChI is InChI=1S/C52H48Cl2N4O8/c1-30(33(4)59)44(52(61)62)14-13-38-17-46(53)50(19-48(38)63-27-37-16-41(56-6)25-58-24-37)65-28-39-9-7-11-42(31(39)2)43-12-8-10-40(32(43)3)29-66-51-20-49(45(34(5)60)18-47(51)54)64-26-36-15-35(21-55)22-57-23-36/h7-12,15-20,22-25,30,33,44,59H,13-14,26-29H2,1-5H3,(H,61,62)/t30-,33-,44-/m0/s1. The van der Waals surface area contributed by atoms with E-state index in [1.54, 1.807) is 56.6 Å². The lowest BCUT2D eigenvalue weighted by molar-refractivity contribution is -0.145. The summed E-state index contributed by atoms with van der Waals surface area (Å²) < 4.78 is 25.0. The average Bonchev–Trinajstić information content (AvgIpc) is 3.30. The maximum Gasteiger partial charge on any atom is 0.306 e. The minimum absolute atomic E-state index is 0.0741. The van der Waals surface area contributed by atoms with Gasteiger partial charge in [-0.05, 0) is 115 Å². The zero-order valence-corrected chi connectivity index (χ0v) is 38.6. The van der Waals surface area contributed by atoms with Gasteiger partial charge in [0.15, 0.2) is 5.78 Å². The summed E-state index contributed by atoms with van der Waals surface area (Å²) in [5.74, 6) is -1.08. The molecule has 14 heteroatoms. The highest BCUT2D eigenvalue weighted by Crippen LogP contribution is 2.38. The second-order valence-electron chi connectivity index (χ2n) is 16.0. The topological polar surface area (TPSA) is 165 Å². The zero-order valence-electron chi connectivity index (χ0n) is 37.1. The molecule has 0 amide bonds. The Kier molecular flexibility index (Phi) is 16.4. The molecule has 0 aliphatic heterocycles. The molecule has 66 heavy (non-hydrogen) atoms. The van der Waals surface area contributed by atoms with Crippen molar-refractivity contribution >= 4 is 40.6 Å². The van der Waals surface area contributed by atoms with E-state index in [1.807, 2.05) is 50.2 Å². The first-order chi connectivity index (χ1) is 31.7. The van der Waals surface area contributed by atoms with Gasteiger partial charge in [-0.1, -0.05) is 66.5 Å². The predicted molar refractivity (Wildman–Crippen MR) is 251 cm³/mol. The molecule has 0 fully saturated rings. The Balaban J connectivity index is 1.20. The number of hydrogen-bond acceptors (Lipinski definition) is 10. The molecule has 0 spiro atoms. The number of aromatic nitrogens is 2. The molecule has 0 aliphatic rings. The summed E-state index contributed by atoms with van der Waals surface area (Å²) in [6.45, 7) is 16.6. The smallest absolute Gasteiger partial charge is 0.306 e. The number of hydrogen-bond donors (Lipinski definition) is 2. The van der Waals surface area contributed by atoms with Crippen molar-refractivity contribution in [3.05, 3.63) is 169 Å². The number of rotatable bonds is 20. The van der Waals surface area contributed by atoms with Crippen LogP contribution in [-0.2, 0) is 37.6 Å². The van der Waals surface area contributed by atoms with Crippen LogP contribution in [0.3, 0.4) is 0 Å². The molecule has 0 saturated carbocycles. The van der Waals surface area contributed by atoms with Gasteiger partial charge in [-0.15, -0.1) is 0 Å². The van der Waals surface area contributed by atoms with E-state index < -0.39 is 23.9 Å². The van der Waals surface area contributed by atoms with Crippen molar-refractivity contribution in [2.75, 3.05) is 0 Å². The van der Waals surface area contributed by atoms with Crippen molar-refractivity contribution in [2.45, 2.75) is 80.0 Å². The van der Waals surface area contributed by atoms with Crippen LogP contribution in [0.5, 0.6) is 23.0 Å². The molecule has 2 N–H and O–H groups in total. The van der Waals surface area contributed by atoms with Crippen LogP contribution >= 0.6 is 23.2 Å². The number of nitriles is 1. The molecular weight excluding hydrogens is 879 g/mol. The highest BCUT2D eigenvalue weighted by atomic mass is 35.5. The van der Waals surface area contributed by atoms with Crippen LogP contribution in [0, 0.1) is 43.6 Å². The summed E-state index contributed by atoms with van der Waals surface area (Å²) in [5.41, 5.74) is 8.86. The summed E-state index contributed by atoms with van der Waals surface area (Å²) in [4.78, 5) is 36.4. The summed E-state index contributed by atoms with van der Waals surface area (Å²) in [6, 6.07) is 23.9. The van der Waals surface area contributed by atoms with Gasteiger partial charge in [0.2, 0.25) is 5.69 Å². The van der Waals surface area contributed by atoms with Gasteiger partial charge in [0, 0.05) is 42.5 Å². The van der Waals surface area contributed by atoms with Crippen molar-refractivity contribution in [2.24, 2.45) is 11.8 Å². The molecule has 0 unspecified atom stereocenters. The third kappa shape index (κ3) is 12.0. The Morgan fingerprint density at radius 1 is 0.742 bits per heavy atom. The van der Waals surface area contributed by atoms with Gasteiger partial charge in [-0.3, -0.25) is 19.6 Å². The molecule has 0 saturated heterocycles. The van der Waals surface area contributed by atoms with E-state index in [4.69, 9.17) is 48.7 Å². The zero-order chi connectivity index (χ0) is 47.5. The maximum atomic E-state index is 12.5. The number of aliphatic carboxylic acids is 1. The third-order valence-electron chi connectivity index (χ3n) is 11.5. The largest absolute Gasteiger partial charge is 0.488 e. The summed E-state index contributed by atoms with van der Waals surface area (Å²) in [6.07, 6.45) is 5.87. The van der Waals surface area contributed by atoms with Gasteiger partial charge >= 0.3 is 5.97 Å². The molecule has 338 valence electrons. The molecule has 6 aromatic rings. The van der Waals surface area contributed by atoms with Crippen molar-refractivity contribution in [1.82, 2.24) is 9.97 Å². The first-order valence-electron chi connectivity index (χ1n) is 21.1. The normalized spacial score (nSPS) is 12.3. The number of ether oxygens (including phenoxy) is 4. The number of ketones is 1. The Labute approximate surface area is 394 Å². The molecule has 0 radical (unpaired) electrons. The highest BCUT2D eigenvalue weighted by molar-refractivity contribution is 6.32. The van der Waals surface area contributed by atoms with Crippen molar-refractivity contribution in [1.29, 1.82) is 5.26 Å². The second-order valence-corrected chi connectivity index (χ2v) is 16.8. The molecule has 3 atom stereocenters. The molecule has 0 bridgehead atoms. The summed E-state index contributed by atoms with van der Waals surface area (Å²) in [7, 11) is 0. The van der Waals surface area contributed by atoms with E-state index >= 15 is 0 Å². The number of aliphatic hydroxyl groups is 1. The number of nitrogens with zero attached hydrogens (tertiary/aromatic N) is 4. The van der Waals surface area contributed by atoms with Crippen molar-refractivity contribution in [3.8, 4) is 40.2 Å². The van der Waals surface area contributed by atoms with Gasteiger partial charge < -0.3 is 29.2 Å². The van der Waals surface area contributed by atoms with Gasteiger partial charge in [0.1, 0.15) is 55.5 Å². The summed E-state index contributed by atoms with van der Waals surface area (Å²) in [5, 5.41) is 30.0. The summed E-state index contributed by atoms with van der Waals surface area (Å²) >= 11 is 13.5. The fourth-order valence-electron chi connectivity index (χ4n) is 7.45. The predicted octanol–water partition coefficient (Wildman–Crippen LogP) is 11.7. The van der Waals surface area contributed by atoms with Crippen LogP contribution in [-0.4, -0.2) is 38.0 Å². The van der Waals surface area contributed by atoms with E-state index in [2.05, 4.69) is 20.9 Å². The lowest BCUT2D eigenvalue weighted by Gasteiger charge is -2.23. The quantitative estimate of drug-likeness (QED) is 0.0553. The first kappa shape index (κ1) is 48.5. The minimum Gasteiger partial charge on any atom is -0.488 e. The van der Waals surface area contributed by atoms with Crippen LogP contribution in [0.25, 0.3) is 16.0 Å². The Bertz CT molecular complexity index is 2840. The average molecular weight is 928 g/mol. The van der Waals surface area contributed by atoms with Gasteiger partial charge in [0.05, 0.1) is 39.8 Å². The van der Waals surface area contributed by atoms with Crippen LogP contribution in [0.15, 0.2) is 97.6 Å². The number of carboxylic acid groups (broad SMARTS) is 1. The van der Waals surface area contributed by atoms with E-state index in [0.29, 0.717) is 67.9 Å². The highest BCUT2D eigenvalue weighted by Gasteiger charge is 2.28. The third-order valence-corrected chi connectivity index (χ3v) is 12.1. The molecule has 2 heterocycles. The number of carbonyl (C=O) groups excluding carboxylic acids is 1. The first-order valence-corrected chi connectivity index (χ1v) is 21.8. The fourth-order valence-corrected chi connectivity index (χ4v) is 7.91. The Morgan fingerprint density at radius 3 is 1.85 bits per heavy atom. The molecule has 4 aromatic carbocycles. The fraction of sp³-hybridized carbons (Fsp3) is 0.269. The number of Topliss-reactive ketones (excluding diaryl/α,β-unsaturated/α-hetero) is 1. The number of carbonyl (C=O) groups is 2. The van der Waals surface area contributed by atoms with E-state index in [0.717, 1.165) is 33.4 Å². The Hall–Kier alpha value is -6.96. The van der Waals surface area contributed by atoms with Crippen LogP contribution < -0.4 is 18.9 Å². The van der Waals surface area contributed by atoms with E-state index in [-0.39, 0.29) is 43.7 Å². The lowest BCUT2D eigenvalue weighted by atomic mass is 9.85. The Morgan fingerprint density at radius 2 is 1.29 bits per heavy atom. The van der Waals surface area contributed by atoms with E-state index in [9.17, 15) is 25.1 Å². The monoisotopic (exact) mass is 926 g/mol. The van der Waals surface area contributed by atoms with Crippen LogP contribution in [0.4, 0.5) is 5.69 Å². The second kappa shape index (κ2) is 22.3. The molecule has 2 aromatic heterocycles. The molecular formula is C52H48Cl2N4O8. The van der Waals surface area contributed by atoms with Gasteiger partial charge in [-0.2, -0.15) is 5.26 Å². The molecule has 6 rings (SSSR count). The van der Waals surface area contributed by atoms with Crippen molar-refractivity contribution in [3.63, 3.8) is 0 Å². The van der Waals surface area contributed by atoms with Gasteiger partial charge in [0.25, 0.3) is 0 Å².